The summed E-state index contributed by atoms with van der Waals surface area (Å²) in [7, 11) is 1.61. The number of carbonyl (C=O) groups excluding carboxylic acids is 1. The van der Waals surface area contributed by atoms with E-state index in [2.05, 4.69) is 10.2 Å². The lowest BCUT2D eigenvalue weighted by molar-refractivity contribution is -0.138. The van der Waals surface area contributed by atoms with Gasteiger partial charge in [-0.15, -0.1) is 0 Å². The van der Waals surface area contributed by atoms with Crippen LogP contribution in [0.5, 0.6) is 5.75 Å². The molecule has 3 rings (SSSR count). The number of hydrogen-bond acceptors (Lipinski definition) is 4. The highest BCUT2D eigenvalue weighted by molar-refractivity contribution is 5.97. The molecule has 1 aliphatic carbocycles. The molecule has 1 saturated heterocycles. The van der Waals surface area contributed by atoms with Crippen molar-refractivity contribution in [2.45, 2.75) is 38.2 Å². The van der Waals surface area contributed by atoms with Crippen LogP contribution in [0.2, 0.25) is 0 Å². The zero-order valence-electron chi connectivity index (χ0n) is 14.7. The zero-order valence-corrected chi connectivity index (χ0v) is 14.7. The first-order valence-corrected chi connectivity index (χ1v) is 8.93. The summed E-state index contributed by atoms with van der Waals surface area (Å²) in [5.41, 5.74) is 0.0427. The Hall–Kier alpha value is -1.59. The largest absolute Gasteiger partial charge is 0.492 e. The monoisotopic (exact) mass is 332 g/mol. The van der Waals surface area contributed by atoms with Crippen LogP contribution in [-0.4, -0.2) is 49.8 Å². The van der Waals surface area contributed by atoms with Crippen LogP contribution in [0.25, 0.3) is 0 Å². The van der Waals surface area contributed by atoms with Crippen molar-refractivity contribution in [3.63, 3.8) is 0 Å². The fourth-order valence-electron chi connectivity index (χ4n) is 3.27. The van der Waals surface area contributed by atoms with Gasteiger partial charge in [-0.1, -0.05) is 0 Å². The Morgan fingerprint density at radius 2 is 1.92 bits per heavy atom. The van der Waals surface area contributed by atoms with E-state index >= 15 is 0 Å². The lowest BCUT2D eigenvalue weighted by Gasteiger charge is -2.26. The molecule has 1 saturated carbocycles. The number of ether oxygens (including phenoxy) is 2. The van der Waals surface area contributed by atoms with Gasteiger partial charge in [0, 0.05) is 19.3 Å². The van der Waals surface area contributed by atoms with Gasteiger partial charge in [0.15, 0.2) is 0 Å². The molecule has 2 aliphatic rings. The lowest BCUT2D eigenvalue weighted by Crippen LogP contribution is -2.44. The van der Waals surface area contributed by atoms with Gasteiger partial charge in [-0.2, -0.15) is 0 Å². The van der Waals surface area contributed by atoms with Crippen molar-refractivity contribution >= 4 is 11.6 Å². The van der Waals surface area contributed by atoms with E-state index in [4.69, 9.17) is 9.47 Å². The molecule has 5 nitrogen and oxygen atoms in total. The van der Waals surface area contributed by atoms with Gasteiger partial charge >= 0.3 is 0 Å². The Labute approximate surface area is 144 Å². The molecule has 5 heteroatoms. The number of carbonyl (C=O) groups is 1. The van der Waals surface area contributed by atoms with Gasteiger partial charge in [0.25, 0.3) is 5.91 Å². The maximum Gasteiger partial charge on any atom is 0.256 e. The molecule has 0 radical (unpaired) electrons. The van der Waals surface area contributed by atoms with Crippen LogP contribution < -0.4 is 10.1 Å². The van der Waals surface area contributed by atoms with Crippen molar-refractivity contribution in [3.05, 3.63) is 24.3 Å². The van der Waals surface area contributed by atoms with Crippen LogP contribution in [0.4, 0.5) is 5.69 Å². The summed E-state index contributed by atoms with van der Waals surface area (Å²) in [6, 6.07) is 7.57. The molecule has 1 aromatic rings. The van der Waals surface area contributed by atoms with Crippen molar-refractivity contribution in [3.8, 4) is 5.75 Å². The molecule has 1 amide bonds. The molecule has 132 valence electrons. The van der Waals surface area contributed by atoms with Gasteiger partial charge in [0.05, 0.1) is 0 Å². The van der Waals surface area contributed by atoms with E-state index in [0.29, 0.717) is 12.5 Å². The zero-order chi connectivity index (χ0) is 17.0. The van der Waals surface area contributed by atoms with E-state index in [1.54, 1.807) is 7.11 Å². The van der Waals surface area contributed by atoms with Gasteiger partial charge in [-0.05, 0) is 75.9 Å². The lowest BCUT2D eigenvalue weighted by atomic mass is 9.99. The SMILES string of the molecule is COC(C)(C(=O)Nc1ccc(OCCN2CCCC2)cc1)C1CC1. The first kappa shape index (κ1) is 17.2. The third-order valence-electron chi connectivity index (χ3n) is 5.22. The molecule has 1 unspecified atom stereocenters. The van der Waals surface area contributed by atoms with E-state index in [0.717, 1.165) is 30.8 Å². The molecule has 1 heterocycles. The number of likely N-dealkylation sites (tertiary alicyclic amines) is 1. The minimum absolute atomic E-state index is 0.0739. The van der Waals surface area contributed by atoms with Gasteiger partial charge in [-0.25, -0.2) is 0 Å². The molecular formula is C19H28N2O3. The first-order chi connectivity index (χ1) is 11.6. The molecule has 1 atom stereocenters. The molecule has 0 spiro atoms. The fraction of sp³-hybridized carbons (Fsp3) is 0.632. The standard InChI is InChI=1S/C19H28N2O3/c1-19(23-2,15-5-6-15)18(22)20-16-7-9-17(10-8-16)24-14-13-21-11-3-4-12-21/h7-10,15H,3-6,11-14H2,1-2H3,(H,20,22). The normalized spacial score (nSPS) is 20.6. The van der Waals surface area contributed by atoms with Crippen molar-refractivity contribution < 1.29 is 14.3 Å². The summed E-state index contributed by atoms with van der Waals surface area (Å²) < 4.78 is 11.3. The summed E-state index contributed by atoms with van der Waals surface area (Å²) in [6.07, 6.45) is 4.72. The minimum atomic E-state index is -0.731. The number of anilines is 1. The van der Waals surface area contributed by atoms with Gasteiger partial charge < -0.3 is 14.8 Å². The quantitative estimate of drug-likeness (QED) is 0.795. The van der Waals surface area contributed by atoms with E-state index in [-0.39, 0.29) is 5.91 Å². The first-order valence-electron chi connectivity index (χ1n) is 8.93. The summed E-state index contributed by atoms with van der Waals surface area (Å²) in [4.78, 5) is 14.9. The highest BCUT2D eigenvalue weighted by Gasteiger charge is 2.47. The molecular weight excluding hydrogens is 304 g/mol. The molecule has 0 aromatic heterocycles. The Balaban J connectivity index is 1.47. The third kappa shape index (κ3) is 4.08. The Kier molecular flexibility index (Phi) is 5.41. The van der Waals surface area contributed by atoms with Gasteiger partial charge in [-0.3, -0.25) is 9.69 Å². The average Bonchev–Trinajstić information content (AvgIpc) is 3.33. The van der Waals surface area contributed by atoms with Crippen LogP contribution in [0.15, 0.2) is 24.3 Å². The predicted molar refractivity (Wildman–Crippen MR) is 94.4 cm³/mol. The number of amides is 1. The smallest absolute Gasteiger partial charge is 0.256 e. The fourth-order valence-corrected chi connectivity index (χ4v) is 3.27. The predicted octanol–water partition coefficient (Wildman–Crippen LogP) is 2.91. The maximum atomic E-state index is 12.5. The summed E-state index contributed by atoms with van der Waals surface area (Å²) in [5.74, 6) is 1.09. The average molecular weight is 332 g/mol. The molecule has 24 heavy (non-hydrogen) atoms. The molecule has 1 aromatic carbocycles. The van der Waals surface area contributed by atoms with Crippen LogP contribution in [0, 0.1) is 5.92 Å². The summed E-state index contributed by atoms with van der Waals surface area (Å²) >= 11 is 0. The van der Waals surface area contributed by atoms with Gasteiger partial charge in [0.2, 0.25) is 0 Å². The van der Waals surface area contributed by atoms with Crippen molar-refractivity contribution in [2.24, 2.45) is 5.92 Å². The summed E-state index contributed by atoms with van der Waals surface area (Å²) in [5, 5.41) is 2.96. The number of benzene rings is 1. The minimum Gasteiger partial charge on any atom is -0.492 e. The van der Waals surface area contributed by atoms with Crippen molar-refractivity contribution in [1.82, 2.24) is 4.90 Å². The number of nitrogens with zero attached hydrogens (tertiary/aromatic N) is 1. The third-order valence-corrected chi connectivity index (χ3v) is 5.22. The van der Waals surface area contributed by atoms with E-state index < -0.39 is 5.60 Å². The van der Waals surface area contributed by atoms with Crippen LogP contribution in [0.3, 0.4) is 0 Å². The van der Waals surface area contributed by atoms with E-state index in [1.165, 1.54) is 25.9 Å². The maximum absolute atomic E-state index is 12.5. The number of methoxy groups -OCH3 is 1. The molecule has 1 aliphatic heterocycles. The molecule has 2 fully saturated rings. The van der Waals surface area contributed by atoms with Crippen molar-refractivity contribution in [1.29, 1.82) is 0 Å². The van der Waals surface area contributed by atoms with Gasteiger partial charge in [0.1, 0.15) is 18.0 Å². The second-order valence-corrected chi connectivity index (χ2v) is 6.96. The second-order valence-electron chi connectivity index (χ2n) is 6.96. The van der Waals surface area contributed by atoms with E-state index in [9.17, 15) is 4.79 Å². The second kappa shape index (κ2) is 7.53. The Bertz CT molecular complexity index is 550. The molecule has 1 N–H and O–H groups in total. The topological polar surface area (TPSA) is 50.8 Å². The van der Waals surface area contributed by atoms with Crippen LogP contribution in [0.1, 0.15) is 32.6 Å². The molecule has 0 bridgehead atoms. The van der Waals surface area contributed by atoms with E-state index in [1.807, 2.05) is 31.2 Å². The van der Waals surface area contributed by atoms with Crippen molar-refractivity contribution in [2.75, 3.05) is 38.7 Å². The Morgan fingerprint density at radius 1 is 1.25 bits per heavy atom. The number of hydrogen-bond donors (Lipinski definition) is 1. The number of rotatable bonds is 8. The van der Waals surface area contributed by atoms with Crippen LogP contribution >= 0.6 is 0 Å². The summed E-state index contributed by atoms with van der Waals surface area (Å²) in [6.45, 7) is 5.93. The number of nitrogens with one attached hydrogen (secondary N) is 1. The highest BCUT2D eigenvalue weighted by atomic mass is 16.5. The highest BCUT2D eigenvalue weighted by Crippen LogP contribution is 2.42. The Morgan fingerprint density at radius 3 is 2.50 bits per heavy atom. The van der Waals surface area contributed by atoms with Crippen LogP contribution in [-0.2, 0) is 9.53 Å².